The topological polar surface area (TPSA) is 41.7 Å². The lowest BCUT2D eigenvalue weighted by atomic mass is 10.2. The molecule has 96 valence electrons. The van der Waals surface area contributed by atoms with Gasteiger partial charge in [-0.05, 0) is 33.1 Å². The summed E-state index contributed by atoms with van der Waals surface area (Å²) in [7, 11) is 7.90. The van der Waals surface area contributed by atoms with Crippen LogP contribution in [0.3, 0.4) is 0 Å². The summed E-state index contributed by atoms with van der Waals surface area (Å²) in [5.41, 5.74) is 7.67. The molecular weight excluding hydrogens is 214 g/mol. The first-order chi connectivity index (χ1) is 8.02. The number of hydrogen-bond acceptors (Lipinski definition) is 4. The molecule has 0 saturated heterocycles. The summed E-state index contributed by atoms with van der Waals surface area (Å²) in [5.74, 6) is 0.805. The maximum Gasteiger partial charge on any atom is 0.122 e. The number of rotatable bonds is 6. The van der Waals surface area contributed by atoms with Gasteiger partial charge in [-0.2, -0.15) is 0 Å². The maximum absolute atomic E-state index is 5.83. The Balaban J connectivity index is 2.61. The zero-order valence-corrected chi connectivity index (χ0v) is 11.2. The first kappa shape index (κ1) is 13.6. The first-order valence-electron chi connectivity index (χ1n) is 5.83. The van der Waals surface area contributed by atoms with Crippen molar-refractivity contribution < 1.29 is 4.74 Å². The van der Waals surface area contributed by atoms with Gasteiger partial charge < -0.3 is 20.3 Å². The molecule has 0 radical (unpaired) electrons. The number of nitrogen functional groups attached to an aromatic ring is 1. The molecule has 0 heterocycles. The summed E-state index contributed by atoms with van der Waals surface area (Å²) in [5, 5.41) is 0. The predicted octanol–water partition coefficient (Wildman–Crippen LogP) is 1.67. The third-order valence-electron chi connectivity index (χ3n) is 2.69. The average molecular weight is 237 g/mol. The third kappa shape index (κ3) is 4.53. The van der Waals surface area contributed by atoms with Crippen molar-refractivity contribution in [2.75, 3.05) is 52.0 Å². The number of anilines is 2. The molecule has 1 rings (SSSR count). The molecule has 1 aromatic rings. The molecule has 0 unspecified atom stereocenters. The Bertz CT molecular complexity index is 353. The summed E-state index contributed by atoms with van der Waals surface area (Å²) in [6.07, 6.45) is 1.13. The van der Waals surface area contributed by atoms with Crippen molar-refractivity contribution in [3.63, 3.8) is 0 Å². The van der Waals surface area contributed by atoms with Crippen molar-refractivity contribution in [3.8, 4) is 5.75 Å². The van der Waals surface area contributed by atoms with E-state index in [-0.39, 0.29) is 0 Å². The molecule has 1 aromatic carbocycles. The molecule has 0 aliphatic carbocycles. The minimum Gasteiger partial charge on any atom is -0.497 e. The Morgan fingerprint density at radius 2 is 1.82 bits per heavy atom. The quantitative estimate of drug-likeness (QED) is 0.764. The number of nitrogens with zero attached hydrogens (tertiary/aromatic N) is 2. The monoisotopic (exact) mass is 237 g/mol. The fraction of sp³-hybridized carbons (Fsp3) is 0.538. The van der Waals surface area contributed by atoms with Gasteiger partial charge in [0.25, 0.3) is 0 Å². The Labute approximate surface area is 104 Å². The molecule has 4 nitrogen and oxygen atoms in total. The second-order valence-corrected chi connectivity index (χ2v) is 4.54. The van der Waals surface area contributed by atoms with Crippen molar-refractivity contribution in [2.24, 2.45) is 0 Å². The lowest BCUT2D eigenvalue weighted by molar-refractivity contribution is 0.401. The number of nitrogens with two attached hydrogens (primary N) is 1. The van der Waals surface area contributed by atoms with Gasteiger partial charge in [0, 0.05) is 37.1 Å². The van der Waals surface area contributed by atoms with Crippen LogP contribution in [-0.2, 0) is 0 Å². The van der Waals surface area contributed by atoms with E-state index in [1.165, 1.54) is 0 Å². The predicted molar refractivity (Wildman–Crippen MR) is 73.8 cm³/mol. The van der Waals surface area contributed by atoms with E-state index < -0.39 is 0 Å². The maximum atomic E-state index is 5.83. The van der Waals surface area contributed by atoms with Gasteiger partial charge in [-0.3, -0.25) is 0 Å². The zero-order valence-electron chi connectivity index (χ0n) is 11.2. The molecule has 0 aliphatic heterocycles. The zero-order chi connectivity index (χ0) is 12.8. The second kappa shape index (κ2) is 6.35. The highest BCUT2D eigenvalue weighted by Gasteiger charge is 2.04. The van der Waals surface area contributed by atoms with Crippen LogP contribution in [0.5, 0.6) is 5.75 Å². The lowest BCUT2D eigenvalue weighted by Crippen LogP contribution is -2.23. The van der Waals surface area contributed by atoms with Crippen molar-refractivity contribution in [3.05, 3.63) is 18.2 Å². The molecule has 0 saturated carbocycles. The summed E-state index contributed by atoms with van der Waals surface area (Å²) in [6.45, 7) is 2.09. The summed E-state index contributed by atoms with van der Waals surface area (Å²) < 4.78 is 5.21. The summed E-state index contributed by atoms with van der Waals surface area (Å²) >= 11 is 0. The standard InChI is InChI=1S/C13H23N3O/c1-15(2)6-5-7-16(3)12-8-11(14)9-13(10-12)17-4/h8-10H,5-7,14H2,1-4H3. The minimum atomic E-state index is 0.735. The Morgan fingerprint density at radius 3 is 2.41 bits per heavy atom. The van der Waals surface area contributed by atoms with E-state index in [0.29, 0.717) is 0 Å². The number of methoxy groups -OCH3 is 1. The van der Waals surface area contributed by atoms with E-state index in [4.69, 9.17) is 10.5 Å². The summed E-state index contributed by atoms with van der Waals surface area (Å²) in [4.78, 5) is 4.39. The van der Waals surface area contributed by atoms with Gasteiger partial charge >= 0.3 is 0 Å². The van der Waals surface area contributed by atoms with E-state index in [1.807, 2.05) is 18.2 Å². The van der Waals surface area contributed by atoms with E-state index >= 15 is 0 Å². The van der Waals surface area contributed by atoms with Gasteiger partial charge in [-0.1, -0.05) is 0 Å². The van der Waals surface area contributed by atoms with Crippen LogP contribution in [0.2, 0.25) is 0 Å². The van der Waals surface area contributed by atoms with Crippen LogP contribution in [0.15, 0.2) is 18.2 Å². The van der Waals surface area contributed by atoms with Crippen LogP contribution >= 0.6 is 0 Å². The van der Waals surface area contributed by atoms with E-state index in [0.717, 1.165) is 36.6 Å². The smallest absolute Gasteiger partial charge is 0.122 e. The van der Waals surface area contributed by atoms with Crippen molar-refractivity contribution in [1.82, 2.24) is 4.90 Å². The third-order valence-corrected chi connectivity index (χ3v) is 2.69. The van der Waals surface area contributed by atoms with Gasteiger partial charge in [0.2, 0.25) is 0 Å². The molecule has 0 spiro atoms. The van der Waals surface area contributed by atoms with E-state index in [9.17, 15) is 0 Å². The fourth-order valence-electron chi connectivity index (χ4n) is 1.70. The number of ether oxygens (including phenoxy) is 1. The van der Waals surface area contributed by atoms with Crippen molar-refractivity contribution in [1.29, 1.82) is 0 Å². The summed E-state index contributed by atoms with van der Waals surface area (Å²) in [6, 6.07) is 5.81. The molecular formula is C13H23N3O. The van der Waals surface area contributed by atoms with Crippen LogP contribution in [0, 0.1) is 0 Å². The normalized spacial score (nSPS) is 10.6. The Kier molecular flexibility index (Phi) is 5.10. The fourth-order valence-corrected chi connectivity index (χ4v) is 1.70. The first-order valence-corrected chi connectivity index (χ1v) is 5.83. The molecule has 0 bridgehead atoms. The molecule has 0 amide bonds. The highest BCUT2D eigenvalue weighted by atomic mass is 16.5. The van der Waals surface area contributed by atoms with Crippen LogP contribution in [0.1, 0.15) is 6.42 Å². The SMILES string of the molecule is COc1cc(N)cc(N(C)CCCN(C)C)c1. The van der Waals surface area contributed by atoms with Crippen LogP contribution < -0.4 is 15.4 Å². The van der Waals surface area contributed by atoms with Crippen molar-refractivity contribution >= 4 is 11.4 Å². The largest absolute Gasteiger partial charge is 0.497 e. The van der Waals surface area contributed by atoms with Crippen LogP contribution in [0.25, 0.3) is 0 Å². The molecule has 17 heavy (non-hydrogen) atoms. The van der Waals surface area contributed by atoms with E-state index in [1.54, 1.807) is 7.11 Å². The number of hydrogen-bond donors (Lipinski definition) is 1. The van der Waals surface area contributed by atoms with E-state index in [2.05, 4.69) is 30.9 Å². The minimum absolute atomic E-state index is 0.735. The van der Waals surface area contributed by atoms with Crippen LogP contribution in [0.4, 0.5) is 11.4 Å². The molecule has 4 heteroatoms. The average Bonchev–Trinajstić information content (AvgIpc) is 2.27. The van der Waals surface area contributed by atoms with Gasteiger partial charge in [0.05, 0.1) is 7.11 Å². The van der Waals surface area contributed by atoms with Crippen molar-refractivity contribution in [2.45, 2.75) is 6.42 Å². The van der Waals surface area contributed by atoms with Crippen LogP contribution in [-0.4, -0.2) is 46.2 Å². The van der Waals surface area contributed by atoms with Gasteiger partial charge in [0.1, 0.15) is 5.75 Å². The highest BCUT2D eigenvalue weighted by Crippen LogP contribution is 2.24. The second-order valence-electron chi connectivity index (χ2n) is 4.54. The lowest BCUT2D eigenvalue weighted by Gasteiger charge is -2.21. The molecule has 0 fully saturated rings. The Hall–Kier alpha value is -1.42. The van der Waals surface area contributed by atoms with Gasteiger partial charge in [0.15, 0.2) is 0 Å². The molecule has 0 aliphatic rings. The number of benzene rings is 1. The highest BCUT2D eigenvalue weighted by molar-refractivity contribution is 5.60. The van der Waals surface area contributed by atoms with Gasteiger partial charge in [-0.15, -0.1) is 0 Å². The van der Waals surface area contributed by atoms with Gasteiger partial charge in [-0.25, -0.2) is 0 Å². The molecule has 0 atom stereocenters. The molecule has 2 N–H and O–H groups in total. The molecule has 0 aromatic heterocycles. The Morgan fingerprint density at radius 1 is 1.12 bits per heavy atom.